The zero-order chi connectivity index (χ0) is 13.3. The van der Waals surface area contributed by atoms with Gasteiger partial charge in [0.25, 0.3) is 5.91 Å². The largest absolute Gasteiger partial charge is 0.364 e. The van der Waals surface area contributed by atoms with Gasteiger partial charge in [-0.15, -0.1) is 0 Å². The lowest BCUT2D eigenvalue weighted by atomic mass is 10.1. The van der Waals surface area contributed by atoms with E-state index in [1.54, 1.807) is 0 Å². The smallest absolute Gasteiger partial charge is 0.251 e. The molecule has 2 fully saturated rings. The van der Waals surface area contributed by atoms with Crippen molar-refractivity contribution in [2.75, 3.05) is 33.7 Å². The molecule has 5 heteroatoms. The van der Waals surface area contributed by atoms with Crippen LogP contribution in [-0.4, -0.2) is 67.7 Å². The van der Waals surface area contributed by atoms with Crippen molar-refractivity contribution in [3.63, 3.8) is 0 Å². The standard InChI is InChI=1S/C13H25N3O2/c1-9-7-16(8-11(9)15(2)3)13(17)12-5-4-10(6-14)18-12/h9-12H,4-8,14H2,1-3H3. The van der Waals surface area contributed by atoms with E-state index in [-0.39, 0.29) is 18.1 Å². The fourth-order valence-electron chi connectivity index (χ4n) is 3.07. The van der Waals surface area contributed by atoms with Gasteiger partial charge in [-0.3, -0.25) is 4.79 Å². The molecule has 4 unspecified atom stereocenters. The zero-order valence-electron chi connectivity index (χ0n) is 11.6. The van der Waals surface area contributed by atoms with Gasteiger partial charge in [-0.05, 0) is 32.9 Å². The first-order valence-electron chi connectivity index (χ1n) is 6.83. The van der Waals surface area contributed by atoms with Crippen molar-refractivity contribution in [2.45, 2.75) is 38.0 Å². The van der Waals surface area contributed by atoms with Crippen molar-refractivity contribution in [1.29, 1.82) is 0 Å². The average Bonchev–Trinajstić information content (AvgIpc) is 2.94. The monoisotopic (exact) mass is 255 g/mol. The minimum atomic E-state index is -0.258. The molecule has 1 amide bonds. The summed E-state index contributed by atoms with van der Waals surface area (Å²) in [7, 11) is 4.15. The summed E-state index contributed by atoms with van der Waals surface area (Å²) >= 11 is 0. The van der Waals surface area contributed by atoms with E-state index < -0.39 is 0 Å². The van der Waals surface area contributed by atoms with E-state index in [2.05, 4.69) is 25.9 Å². The Morgan fingerprint density at radius 3 is 2.61 bits per heavy atom. The first-order valence-corrected chi connectivity index (χ1v) is 6.83. The second-order valence-electron chi connectivity index (χ2n) is 5.81. The summed E-state index contributed by atoms with van der Waals surface area (Å²) in [5.41, 5.74) is 5.58. The van der Waals surface area contributed by atoms with Gasteiger partial charge < -0.3 is 20.3 Å². The predicted molar refractivity (Wildman–Crippen MR) is 70.2 cm³/mol. The summed E-state index contributed by atoms with van der Waals surface area (Å²) in [5, 5.41) is 0. The second kappa shape index (κ2) is 5.55. The molecule has 2 aliphatic heterocycles. The number of carbonyl (C=O) groups is 1. The van der Waals surface area contributed by atoms with Crippen LogP contribution in [0.3, 0.4) is 0 Å². The van der Waals surface area contributed by atoms with E-state index in [0.717, 1.165) is 25.9 Å². The van der Waals surface area contributed by atoms with Crippen molar-refractivity contribution in [2.24, 2.45) is 11.7 Å². The fraction of sp³-hybridized carbons (Fsp3) is 0.923. The van der Waals surface area contributed by atoms with Crippen LogP contribution in [0.25, 0.3) is 0 Å². The first kappa shape index (κ1) is 13.8. The van der Waals surface area contributed by atoms with Crippen molar-refractivity contribution in [3.05, 3.63) is 0 Å². The maximum atomic E-state index is 12.4. The molecule has 104 valence electrons. The van der Waals surface area contributed by atoms with E-state index >= 15 is 0 Å². The van der Waals surface area contributed by atoms with Crippen LogP contribution in [0.1, 0.15) is 19.8 Å². The Balaban J connectivity index is 1.91. The molecule has 4 atom stereocenters. The van der Waals surface area contributed by atoms with Crippen LogP contribution in [0, 0.1) is 5.92 Å². The number of ether oxygens (including phenoxy) is 1. The third-order valence-corrected chi connectivity index (χ3v) is 4.19. The molecule has 0 saturated carbocycles. The van der Waals surface area contributed by atoms with Crippen molar-refractivity contribution in [3.8, 4) is 0 Å². The fourth-order valence-corrected chi connectivity index (χ4v) is 3.07. The molecule has 0 radical (unpaired) electrons. The van der Waals surface area contributed by atoms with E-state index in [1.807, 2.05) is 4.90 Å². The number of likely N-dealkylation sites (tertiary alicyclic amines) is 1. The highest BCUT2D eigenvalue weighted by Gasteiger charge is 2.39. The summed E-state index contributed by atoms with van der Waals surface area (Å²) in [6, 6.07) is 0.459. The molecule has 0 bridgehead atoms. The number of hydrogen-bond acceptors (Lipinski definition) is 4. The molecule has 0 aliphatic carbocycles. The quantitative estimate of drug-likeness (QED) is 0.765. The molecule has 5 nitrogen and oxygen atoms in total. The third-order valence-electron chi connectivity index (χ3n) is 4.19. The lowest BCUT2D eigenvalue weighted by Gasteiger charge is -2.23. The Hall–Kier alpha value is -0.650. The normalized spacial score (nSPS) is 36.6. The Morgan fingerprint density at radius 1 is 1.39 bits per heavy atom. The van der Waals surface area contributed by atoms with Gasteiger partial charge in [-0.2, -0.15) is 0 Å². The van der Waals surface area contributed by atoms with Crippen molar-refractivity contribution < 1.29 is 9.53 Å². The summed E-state index contributed by atoms with van der Waals surface area (Å²) in [6.07, 6.45) is 1.54. The highest BCUT2D eigenvalue weighted by molar-refractivity contribution is 5.81. The topological polar surface area (TPSA) is 58.8 Å². The van der Waals surface area contributed by atoms with E-state index in [9.17, 15) is 4.79 Å². The summed E-state index contributed by atoms with van der Waals surface area (Å²) in [4.78, 5) is 16.5. The highest BCUT2D eigenvalue weighted by Crippen LogP contribution is 2.25. The van der Waals surface area contributed by atoms with Gasteiger partial charge in [0, 0.05) is 25.7 Å². The van der Waals surface area contributed by atoms with Gasteiger partial charge in [0.1, 0.15) is 6.10 Å². The van der Waals surface area contributed by atoms with Crippen molar-refractivity contribution >= 4 is 5.91 Å². The van der Waals surface area contributed by atoms with Crippen LogP contribution in [0.5, 0.6) is 0 Å². The lowest BCUT2D eigenvalue weighted by Crippen LogP contribution is -2.40. The molecule has 2 aliphatic rings. The maximum absolute atomic E-state index is 12.4. The van der Waals surface area contributed by atoms with Gasteiger partial charge >= 0.3 is 0 Å². The van der Waals surface area contributed by atoms with E-state index in [4.69, 9.17) is 10.5 Å². The van der Waals surface area contributed by atoms with Crippen LogP contribution >= 0.6 is 0 Å². The summed E-state index contributed by atoms with van der Waals surface area (Å²) < 4.78 is 5.69. The van der Waals surface area contributed by atoms with Crippen LogP contribution in [0.2, 0.25) is 0 Å². The molecule has 2 rings (SSSR count). The molecular weight excluding hydrogens is 230 g/mol. The Labute approximate surface area is 109 Å². The number of nitrogens with zero attached hydrogens (tertiary/aromatic N) is 2. The van der Waals surface area contributed by atoms with Gasteiger partial charge in [0.05, 0.1) is 6.10 Å². The Bertz CT molecular complexity index is 309. The minimum absolute atomic E-state index is 0.0728. The van der Waals surface area contributed by atoms with Crippen LogP contribution in [-0.2, 0) is 9.53 Å². The molecule has 0 aromatic rings. The number of likely N-dealkylation sites (N-methyl/N-ethyl adjacent to an activating group) is 1. The molecule has 2 saturated heterocycles. The number of amides is 1. The molecule has 0 spiro atoms. The number of hydrogen-bond donors (Lipinski definition) is 1. The van der Waals surface area contributed by atoms with Crippen LogP contribution < -0.4 is 5.73 Å². The maximum Gasteiger partial charge on any atom is 0.251 e. The summed E-state index contributed by atoms with van der Waals surface area (Å²) in [5.74, 6) is 0.679. The van der Waals surface area contributed by atoms with E-state index in [0.29, 0.717) is 18.5 Å². The van der Waals surface area contributed by atoms with Gasteiger partial charge in [0.15, 0.2) is 0 Å². The van der Waals surface area contributed by atoms with Crippen molar-refractivity contribution in [1.82, 2.24) is 9.80 Å². The van der Waals surface area contributed by atoms with Crippen LogP contribution in [0.4, 0.5) is 0 Å². The van der Waals surface area contributed by atoms with Crippen LogP contribution in [0.15, 0.2) is 0 Å². The lowest BCUT2D eigenvalue weighted by molar-refractivity contribution is -0.141. The van der Waals surface area contributed by atoms with E-state index in [1.165, 1.54) is 0 Å². The second-order valence-corrected chi connectivity index (χ2v) is 5.81. The molecular formula is C13H25N3O2. The molecule has 0 aromatic carbocycles. The average molecular weight is 255 g/mol. The predicted octanol–water partition coefficient (Wildman–Crippen LogP) is -0.0988. The molecule has 0 aromatic heterocycles. The summed E-state index contributed by atoms with van der Waals surface area (Å²) in [6.45, 7) is 4.38. The SMILES string of the molecule is CC1CN(C(=O)C2CCC(CN)O2)CC1N(C)C. The number of carbonyl (C=O) groups excluding carboxylic acids is 1. The molecule has 2 N–H and O–H groups in total. The first-order chi connectivity index (χ1) is 8.52. The Morgan fingerprint density at radius 2 is 2.11 bits per heavy atom. The highest BCUT2D eigenvalue weighted by atomic mass is 16.5. The minimum Gasteiger partial charge on any atom is -0.364 e. The third kappa shape index (κ3) is 2.68. The molecule has 18 heavy (non-hydrogen) atoms. The molecule has 2 heterocycles. The zero-order valence-corrected chi connectivity index (χ0v) is 11.6. The number of rotatable bonds is 3. The van der Waals surface area contributed by atoms with Gasteiger partial charge in [-0.25, -0.2) is 0 Å². The van der Waals surface area contributed by atoms with Gasteiger partial charge in [0.2, 0.25) is 0 Å². The Kier molecular flexibility index (Phi) is 4.25. The number of nitrogens with two attached hydrogens (primary N) is 1. The van der Waals surface area contributed by atoms with Gasteiger partial charge in [-0.1, -0.05) is 6.92 Å².